The van der Waals surface area contributed by atoms with Gasteiger partial charge in [0.25, 0.3) is 8.32 Å². The number of rotatable bonds is 18. The molecule has 0 aliphatic rings. The highest BCUT2D eigenvalue weighted by molar-refractivity contribution is 6.99. The van der Waals surface area contributed by atoms with Gasteiger partial charge in [0, 0.05) is 23.8 Å². The maximum atomic E-state index is 13.3. The quantitative estimate of drug-likeness (QED) is 0.0629. The molecule has 0 unspecified atom stereocenters. The molecular formula is C38H54O5Si. The SMILES string of the molecule is C=CCCC[C@H](C)[C@@H](O)[C@H](C)C(=O)C(C)(C)/C=C/C(=O)O[C@@H](CC=C)CO[Si](c1ccccc1)(c1ccccc1)C(C)(C)C. The Hall–Kier alpha value is -3.06. The molecule has 2 rings (SSSR count). The van der Waals surface area contributed by atoms with Crippen molar-refractivity contribution in [2.75, 3.05) is 6.61 Å². The first-order valence-electron chi connectivity index (χ1n) is 15.8. The highest BCUT2D eigenvalue weighted by Gasteiger charge is 2.50. The molecule has 5 nitrogen and oxygen atoms in total. The molecule has 0 aliphatic carbocycles. The number of allylic oxidation sites excluding steroid dienone is 2. The van der Waals surface area contributed by atoms with Crippen LogP contribution in [0.2, 0.25) is 5.04 Å². The molecule has 6 heteroatoms. The van der Waals surface area contributed by atoms with Crippen molar-refractivity contribution in [1.29, 1.82) is 0 Å². The van der Waals surface area contributed by atoms with Crippen LogP contribution in [0.4, 0.5) is 0 Å². The van der Waals surface area contributed by atoms with E-state index in [1.165, 1.54) is 6.08 Å². The van der Waals surface area contributed by atoms with Crippen molar-refractivity contribution in [3.05, 3.63) is 98.1 Å². The smallest absolute Gasteiger partial charge is 0.330 e. The number of ether oxygens (including phenoxy) is 1. The first kappa shape index (κ1) is 37.1. The minimum atomic E-state index is -2.82. The van der Waals surface area contributed by atoms with Gasteiger partial charge in [-0.15, -0.1) is 13.2 Å². The Balaban J connectivity index is 2.21. The molecule has 0 bridgehead atoms. The lowest BCUT2D eigenvalue weighted by atomic mass is 9.76. The van der Waals surface area contributed by atoms with Crippen molar-refractivity contribution in [3.63, 3.8) is 0 Å². The molecule has 0 saturated carbocycles. The van der Waals surface area contributed by atoms with Crippen LogP contribution >= 0.6 is 0 Å². The summed E-state index contributed by atoms with van der Waals surface area (Å²) >= 11 is 0. The minimum absolute atomic E-state index is 0.0196. The molecule has 0 fully saturated rings. The number of carbonyl (C=O) groups is 2. The van der Waals surface area contributed by atoms with Crippen LogP contribution in [0.3, 0.4) is 0 Å². The zero-order valence-electron chi connectivity index (χ0n) is 27.9. The summed E-state index contributed by atoms with van der Waals surface area (Å²) in [6, 6.07) is 20.7. The summed E-state index contributed by atoms with van der Waals surface area (Å²) in [6.45, 7) is 21.7. The van der Waals surface area contributed by atoms with E-state index < -0.39 is 37.8 Å². The number of aliphatic hydroxyl groups excluding tert-OH is 1. The average molecular weight is 619 g/mol. The Kier molecular flexibility index (Phi) is 14.2. The van der Waals surface area contributed by atoms with E-state index in [0.29, 0.717) is 6.42 Å². The van der Waals surface area contributed by atoms with Gasteiger partial charge in [0.05, 0.1) is 12.7 Å². The van der Waals surface area contributed by atoms with Crippen molar-refractivity contribution in [3.8, 4) is 0 Å². The second-order valence-electron chi connectivity index (χ2n) is 13.5. The first-order valence-corrected chi connectivity index (χ1v) is 17.7. The van der Waals surface area contributed by atoms with Crippen LogP contribution in [0, 0.1) is 17.3 Å². The predicted octanol–water partition coefficient (Wildman–Crippen LogP) is 7.19. The van der Waals surface area contributed by atoms with Crippen molar-refractivity contribution >= 4 is 30.4 Å². The summed E-state index contributed by atoms with van der Waals surface area (Å²) in [7, 11) is -2.82. The number of ketones is 1. The van der Waals surface area contributed by atoms with Crippen molar-refractivity contribution < 1.29 is 23.9 Å². The molecule has 0 spiro atoms. The van der Waals surface area contributed by atoms with Crippen LogP contribution in [-0.4, -0.2) is 44.0 Å². The highest BCUT2D eigenvalue weighted by Crippen LogP contribution is 2.37. The van der Waals surface area contributed by atoms with Crippen LogP contribution in [0.25, 0.3) is 0 Å². The number of benzene rings is 2. The van der Waals surface area contributed by atoms with Crippen LogP contribution in [0.15, 0.2) is 98.1 Å². The molecule has 0 saturated heterocycles. The van der Waals surface area contributed by atoms with E-state index in [-0.39, 0.29) is 23.3 Å². The van der Waals surface area contributed by atoms with Crippen LogP contribution in [-0.2, 0) is 18.8 Å². The third kappa shape index (κ3) is 9.72. The monoisotopic (exact) mass is 618 g/mol. The topological polar surface area (TPSA) is 72.8 Å². The third-order valence-electron chi connectivity index (χ3n) is 8.46. The van der Waals surface area contributed by atoms with Gasteiger partial charge in [0.15, 0.2) is 0 Å². The Morgan fingerprint density at radius 2 is 1.45 bits per heavy atom. The Morgan fingerprint density at radius 1 is 0.909 bits per heavy atom. The van der Waals surface area contributed by atoms with E-state index in [4.69, 9.17) is 9.16 Å². The summed E-state index contributed by atoms with van der Waals surface area (Å²) < 4.78 is 12.9. The molecule has 2 aromatic carbocycles. The number of carbonyl (C=O) groups excluding carboxylic acids is 2. The molecule has 0 amide bonds. The predicted molar refractivity (Wildman–Crippen MR) is 185 cm³/mol. The third-order valence-corrected chi connectivity index (χ3v) is 13.5. The number of hydrogen-bond acceptors (Lipinski definition) is 5. The van der Waals surface area contributed by atoms with Crippen molar-refractivity contribution in [2.45, 2.75) is 91.4 Å². The number of esters is 1. The molecule has 44 heavy (non-hydrogen) atoms. The normalized spacial score (nSPS) is 15.3. The summed E-state index contributed by atoms with van der Waals surface area (Å²) in [5, 5.41) is 12.9. The first-order chi connectivity index (χ1) is 20.7. The van der Waals surface area contributed by atoms with Crippen molar-refractivity contribution in [2.24, 2.45) is 17.3 Å². The number of unbranched alkanes of at least 4 members (excludes halogenated alkanes) is 1. The van der Waals surface area contributed by atoms with E-state index in [1.807, 2.05) is 49.4 Å². The summed E-state index contributed by atoms with van der Waals surface area (Å²) in [6.07, 6.45) is 8.21. The van der Waals surface area contributed by atoms with Crippen LogP contribution in [0.5, 0.6) is 0 Å². The molecule has 0 aromatic heterocycles. The molecule has 240 valence electrons. The molecule has 1 N–H and O–H groups in total. The van der Waals surface area contributed by atoms with E-state index in [9.17, 15) is 14.7 Å². The Labute approximate surface area is 267 Å². The van der Waals surface area contributed by atoms with Gasteiger partial charge in [-0.05, 0) is 54.4 Å². The van der Waals surface area contributed by atoms with E-state index >= 15 is 0 Å². The van der Waals surface area contributed by atoms with Gasteiger partial charge < -0.3 is 14.3 Å². The molecule has 2 aromatic rings. The van der Waals surface area contributed by atoms with E-state index in [1.54, 1.807) is 32.9 Å². The maximum absolute atomic E-state index is 13.3. The lowest BCUT2D eigenvalue weighted by molar-refractivity contribution is -0.144. The molecule has 0 aliphatic heterocycles. The second-order valence-corrected chi connectivity index (χ2v) is 17.8. The summed E-state index contributed by atoms with van der Waals surface area (Å²) in [4.78, 5) is 26.4. The average Bonchev–Trinajstić information content (AvgIpc) is 2.99. The standard InChI is InChI=1S/C38H54O5Si/c1-10-12-15-21-29(3)35(40)30(4)36(41)38(8,9)27-26-34(39)43-31(20-11-2)28-42-44(37(5,6)7,32-22-16-13-17-23-32)33-24-18-14-19-25-33/h10-11,13-14,16-19,22-27,29-31,35,40H,1-2,12,15,20-21,28H2,3-9H3/b27-26+/t29-,30-,31-,35+/m0/s1. The Morgan fingerprint density at radius 3 is 1.93 bits per heavy atom. The highest BCUT2D eigenvalue weighted by atomic mass is 28.4. The fraction of sp³-hybridized carbons (Fsp3) is 0.474. The van der Waals surface area contributed by atoms with Crippen molar-refractivity contribution in [1.82, 2.24) is 0 Å². The Bertz CT molecular complexity index is 1190. The fourth-order valence-electron chi connectivity index (χ4n) is 5.87. The zero-order chi connectivity index (χ0) is 33.0. The summed E-state index contributed by atoms with van der Waals surface area (Å²) in [5.41, 5.74) is -0.959. The minimum Gasteiger partial charge on any atom is -0.456 e. The molecule has 0 radical (unpaired) electrons. The number of Topliss-reactive ketones (excluding diaryl/α,β-unsaturated/α-hetero) is 1. The van der Waals surface area contributed by atoms with E-state index in [2.05, 4.69) is 58.2 Å². The van der Waals surface area contributed by atoms with Gasteiger partial charge in [-0.25, -0.2) is 4.79 Å². The maximum Gasteiger partial charge on any atom is 0.330 e. The zero-order valence-corrected chi connectivity index (χ0v) is 28.9. The second kappa shape index (κ2) is 16.9. The van der Waals surface area contributed by atoms with Gasteiger partial charge in [0.1, 0.15) is 11.9 Å². The van der Waals surface area contributed by atoms with Gasteiger partial charge in [0.2, 0.25) is 0 Å². The van der Waals surface area contributed by atoms with Gasteiger partial charge in [-0.3, -0.25) is 4.79 Å². The fourth-order valence-corrected chi connectivity index (χ4v) is 10.5. The van der Waals surface area contributed by atoms with Crippen LogP contribution in [0.1, 0.15) is 74.1 Å². The number of hydrogen-bond donors (Lipinski definition) is 1. The van der Waals surface area contributed by atoms with E-state index in [0.717, 1.165) is 29.6 Å². The molecule has 0 heterocycles. The summed E-state index contributed by atoms with van der Waals surface area (Å²) in [5.74, 6) is -1.26. The van der Waals surface area contributed by atoms with Crippen LogP contribution < -0.4 is 10.4 Å². The lowest BCUT2D eigenvalue weighted by Crippen LogP contribution is -2.67. The van der Waals surface area contributed by atoms with Gasteiger partial charge in [-0.1, -0.05) is 114 Å². The lowest BCUT2D eigenvalue weighted by Gasteiger charge is -2.43. The number of aliphatic hydroxyl groups is 1. The molecule has 4 atom stereocenters. The molecular weight excluding hydrogens is 564 g/mol. The largest absolute Gasteiger partial charge is 0.456 e. The van der Waals surface area contributed by atoms with Gasteiger partial charge in [-0.2, -0.15) is 0 Å². The van der Waals surface area contributed by atoms with Gasteiger partial charge >= 0.3 is 5.97 Å².